The number of halogens is 1. The molecule has 3 rings (SSSR count). The van der Waals surface area contributed by atoms with Crippen molar-refractivity contribution in [2.45, 2.75) is 46.2 Å². The van der Waals surface area contributed by atoms with Crippen molar-refractivity contribution in [1.29, 1.82) is 0 Å². The minimum Gasteiger partial charge on any atom is -0.349 e. The van der Waals surface area contributed by atoms with E-state index in [2.05, 4.69) is 10.3 Å². The van der Waals surface area contributed by atoms with Crippen LogP contribution in [0.15, 0.2) is 35.4 Å². The van der Waals surface area contributed by atoms with E-state index in [1.807, 2.05) is 45.0 Å². The van der Waals surface area contributed by atoms with Crippen LogP contribution in [-0.4, -0.2) is 15.5 Å². The highest BCUT2D eigenvalue weighted by atomic mass is 35.5. The predicted octanol–water partition coefficient (Wildman–Crippen LogP) is 4.39. The number of hydrogen-bond donors (Lipinski definition) is 1. The Kier molecular flexibility index (Phi) is 5.97. The smallest absolute Gasteiger partial charge is 0.262 e. The van der Waals surface area contributed by atoms with Crippen LogP contribution in [0, 0.1) is 13.8 Å². The molecule has 0 bridgehead atoms. The van der Waals surface area contributed by atoms with Gasteiger partial charge in [-0.25, -0.2) is 4.98 Å². The summed E-state index contributed by atoms with van der Waals surface area (Å²) in [6.07, 6.45) is 2.53. The Hall–Kier alpha value is -2.18. The molecule has 0 aliphatic rings. The molecule has 0 fully saturated rings. The highest BCUT2D eigenvalue weighted by molar-refractivity contribution is 7.18. The van der Waals surface area contributed by atoms with Gasteiger partial charge in [-0.2, -0.15) is 0 Å². The van der Waals surface area contributed by atoms with E-state index in [1.54, 1.807) is 0 Å². The molecule has 0 spiro atoms. The van der Waals surface area contributed by atoms with E-state index in [0.29, 0.717) is 17.0 Å². The zero-order valence-electron chi connectivity index (χ0n) is 15.6. The van der Waals surface area contributed by atoms with Crippen LogP contribution < -0.4 is 10.9 Å². The number of thiophene rings is 1. The molecular weight excluding hydrogens is 382 g/mol. The van der Waals surface area contributed by atoms with Crippen molar-refractivity contribution in [3.8, 4) is 0 Å². The van der Waals surface area contributed by atoms with Gasteiger partial charge in [-0.1, -0.05) is 30.7 Å². The minimum absolute atomic E-state index is 0.0751. The number of nitrogens with one attached hydrogen (secondary N) is 1. The topological polar surface area (TPSA) is 64.0 Å². The lowest BCUT2D eigenvalue weighted by molar-refractivity contribution is -0.122. The zero-order valence-corrected chi connectivity index (χ0v) is 17.2. The van der Waals surface area contributed by atoms with E-state index in [-0.39, 0.29) is 23.9 Å². The summed E-state index contributed by atoms with van der Waals surface area (Å²) in [5.74, 6) is -0.0954. The molecule has 1 amide bonds. The Bertz CT molecular complexity index is 1020. The number of amides is 1. The first-order valence-electron chi connectivity index (χ1n) is 8.90. The molecule has 0 aliphatic carbocycles. The van der Waals surface area contributed by atoms with Gasteiger partial charge in [-0.15, -0.1) is 11.3 Å². The van der Waals surface area contributed by atoms with Crippen LogP contribution in [-0.2, 0) is 11.3 Å². The normalized spacial score (nSPS) is 12.3. The molecule has 1 atom stereocenters. The van der Waals surface area contributed by atoms with Gasteiger partial charge in [0.05, 0.1) is 17.8 Å². The van der Waals surface area contributed by atoms with E-state index in [4.69, 9.17) is 11.6 Å². The summed E-state index contributed by atoms with van der Waals surface area (Å²) >= 11 is 7.45. The first kappa shape index (κ1) is 19.6. The van der Waals surface area contributed by atoms with Crippen LogP contribution in [0.5, 0.6) is 0 Å². The van der Waals surface area contributed by atoms with Gasteiger partial charge in [-0.05, 0) is 43.5 Å². The number of nitrogens with zero attached hydrogens (tertiary/aromatic N) is 2. The van der Waals surface area contributed by atoms with Crippen LogP contribution in [0.3, 0.4) is 0 Å². The number of fused-ring (bicyclic) bond motifs is 1. The van der Waals surface area contributed by atoms with Crippen molar-refractivity contribution in [3.63, 3.8) is 0 Å². The van der Waals surface area contributed by atoms with Crippen LogP contribution in [0.1, 0.15) is 41.8 Å². The maximum Gasteiger partial charge on any atom is 0.262 e. The van der Waals surface area contributed by atoms with Gasteiger partial charge >= 0.3 is 0 Å². The fourth-order valence-corrected chi connectivity index (χ4v) is 4.15. The summed E-state index contributed by atoms with van der Waals surface area (Å²) in [4.78, 5) is 31.3. The maximum atomic E-state index is 12.7. The summed E-state index contributed by atoms with van der Waals surface area (Å²) in [7, 11) is 0. The molecule has 2 aromatic heterocycles. The number of carbonyl (C=O) groups excluding carboxylic acids is 1. The van der Waals surface area contributed by atoms with Crippen LogP contribution in [0.4, 0.5) is 0 Å². The SMILES string of the molecule is CCC(NC(=O)CCn1cnc2sc(C)c(C)c2c1=O)c1ccc(Cl)cc1. The predicted molar refractivity (Wildman–Crippen MR) is 111 cm³/mol. The molecule has 27 heavy (non-hydrogen) atoms. The summed E-state index contributed by atoms with van der Waals surface area (Å²) in [6, 6.07) is 7.39. The Labute approximate surface area is 167 Å². The quantitative estimate of drug-likeness (QED) is 0.664. The summed E-state index contributed by atoms with van der Waals surface area (Å²) in [5.41, 5.74) is 1.90. The Balaban J connectivity index is 1.69. The molecule has 0 radical (unpaired) electrons. The number of carbonyl (C=O) groups is 1. The van der Waals surface area contributed by atoms with E-state index in [9.17, 15) is 9.59 Å². The van der Waals surface area contributed by atoms with Gasteiger partial charge in [0.2, 0.25) is 5.91 Å². The first-order chi connectivity index (χ1) is 12.9. The summed E-state index contributed by atoms with van der Waals surface area (Å²) in [5, 5.41) is 4.36. The van der Waals surface area contributed by atoms with Crippen molar-refractivity contribution >= 4 is 39.1 Å². The second-order valence-corrected chi connectivity index (χ2v) is 8.18. The molecule has 142 valence electrons. The molecule has 0 aliphatic heterocycles. The van der Waals surface area contributed by atoms with Gasteiger partial charge in [-0.3, -0.25) is 14.2 Å². The first-order valence-corrected chi connectivity index (χ1v) is 10.1. The number of benzene rings is 1. The largest absolute Gasteiger partial charge is 0.349 e. The summed E-state index contributed by atoms with van der Waals surface area (Å²) < 4.78 is 1.52. The summed E-state index contributed by atoms with van der Waals surface area (Å²) in [6.45, 7) is 6.25. The zero-order chi connectivity index (χ0) is 19.6. The fourth-order valence-electron chi connectivity index (χ4n) is 3.03. The highest BCUT2D eigenvalue weighted by Crippen LogP contribution is 2.25. The lowest BCUT2D eigenvalue weighted by Crippen LogP contribution is -2.30. The van der Waals surface area contributed by atoms with Gasteiger partial charge < -0.3 is 5.32 Å². The molecule has 3 aromatic rings. The van der Waals surface area contributed by atoms with Crippen LogP contribution >= 0.6 is 22.9 Å². The minimum atomic E-state index is -0.0954. The standard InChI is InChI=1S/C20H22ClN3O2S/c1-4-16(14-5-7-15(21)8-6-14)23-17(25)9-10-24-11-22-19-18(20(24)26)12(2)13(3)27-19/h5-8,11,16H,4,9-10H2,1-3H3,(H,23,25). The third-order valence-corrected chi connectivity index (χ3v) is 6.12. The van der Waals surface area contributed by atoms with Gasteiger partial charge in [0.1, 0.15) is 4.83 Å². The van der Waals surface area contributed by atoms with E-state index >= 15 is 0 Å². The average Bonchev–Trinajstić information content (AvgIpc) is 2.95. The molecule has 2 heterocycles. The van der Waals surface area contributed by atoms with Gasteiger partial charge in [0.25, 0.3) is 5.56 Å². The lowest BCUT2D eigenvalue weighted by atomic mass is 10.0. The third-order valence-electron chi connectivity index (χ3n) is 4.75. The average molecular weight is 404 g/mol. The van der Waals surface area contributed by atoms with Crippen LogP contribution in [0.25, 0.3) is 10.2 Å². The molecule has 0 saturated carbocycles. The van der Waals surface area contributed by atoms with Crippen molar-refractivity contribution in [2.75, 3.05) is 0 Å². The Morgan fingerprint density at radius 3 is 2.67 bits per heavy atom. The second-order valence-electron chi connectivity index (χ2n) is 6.54. The monoisotopic (exact) mass is 403 g/mol. The van der Waals surface area contributed by atoms with Crippen molar-refractivity contribution in [3.05, 3.63) is 62.0 Å². The lowest BCUT2D eigenvalue weighted by Gasteiger charge is -2.17. The molecule has 1 unspecified atom stereocenters. The molecule has 1 N–H and O–H groups in total. The van der Waals surface area contributed by atoms with Gasteiger partial charge in [0.15, 0.2) is 0 Å². The number of aromatic nitrogens is 2. The highest BCUT2D eigenvalue weighted by Gasteiger charge is 2.15. The molecule has 7 heteroatoms. The van der Waals surface area contributed by atoms with Crippen molar-refractivity contribution in [1.82, 2.24) is 14.9 Å². The number of hydrogen-bond acceptors (Lipinski definition) is 4. The fraction of sp³-hybridized carbons (Fsp3) is 0.350. The molecule has 0 saturated heterocycles. The number of aryl methyl sites for hydroxylation is 3. The van der Waals surface area contributed by atoms with E-state index in [0.717, 1.165) is 27.3 Å². The van der Waals surface area contributed by atoms with Crippen LogP contribution in [0.2, 0.25) is 5.02 Å². The van der Waals surface area contributed by atoms with Gasteiger partial charge in [0, 0.05) is 22.9 Å². The number of rotatable bonds is 6. The molecule has 5 nitrogen and oxygen atoms in total. The van der Waals surface area contributed by atoms with E-state index in [1.165, 1.54) is 22.2 Å². The second kappa shape index (κ2) is 8.23. The van der Waals surface area contributed by atoms with Crippen molar-refractivity contribution in [2.24, 2.45) is 0 Å². The Morgan fingerprint density at radius 1 is 1.30 bits per heavy atom. The molecular formula is C20H22ClN3O2S. The maximum absolute atomic E-state index is 12.7. The van der Waals surface area contributed by atoms with E-state index < -0.39 is 0 Å². The van der Waals surface area contributed by atoms with Crippen molar-refractivity contribution < 1.29 is 4.79 Å². The Morgan fingerprint density at radius 2 is 2.00 bits per heavy atom. The third kappa shape index (κ3) is 4.22. The molecule has 1 aromatic carbocycles.